The fraction of sp³-hybridized carbons (Fsp3) is 0.700. The molecule has 12 heavy (non-hydrogen) atoms. The number of carbonyl (C=O) groups is 1. The molecule has 1 rings (SSSR count). The van der Waals surface area contributed by atoms with Crippen LogP contribution in [-0.2, 0) is 4.79 Å². The largest absolute Gasteiger partial charge is 0.481 e. The highest BCUT2D eigenvalue weighted by Crippen LogP contribution is 2.67. The first-order valence-corrected chi connectivity index (χ1v) is 4.24. The molecule has 0 aliphatic heterocycles. The third kappa shape index (κ3) is 0.904. The number of hydrogen-bond donors (Lipinski definition) is 1. The molecule has 1 aliphatic rings. The van der Waals surface area contributed by atoms with E-state index in [4.69, 9.17) is 5.11 Å². The highest BCUT2D eigenvalue weighted by Gasteiger charge is 2.68. The van der Waals surface area contributed by atoms with E-state index in [1.807, 2.05) is 20.8 Å². The molecule has 0 amide bonds. The Bertz CT molecular complexity index is 230. The van der Waals surface area contributed by atoms with Gasteiger partial charge in [0.1, 0.15) is 0 Å². The molecule has 0 spiro atoms. The third-order valence-electron chi connectivity index (χ3n) is 3.32. The Morgan fingerprint density at radius 1 is 1.67 bits per heavy atom. The van der Waals surface area contributed by atoms with Gasteiger partial charge in [-0.15, -0.1) is 6.58 Å². The van der Waals surface area contributed by atoms with Gasteiger partial charge in [0.25, 0.3) is 0 Å². The third-order valence-corrected chi connectivity index (χ3v) is 3.32. The van der Waals surface area contributed by atoms with E-state index in [2.05, 4.69) is 6.58 Å². The molecule has 2 heteroatoms. The van der Waals surface area contributed by atoms with Gasteiger partial charge in [-0.25, -0.2) is 0 Å². The second-order valence-electron chi connectivity index (χ2n) is 4.36. The second-order valence-corrected chi connectivity index (χ2v) is 4.36. The highest BCUT2D eigenvalue weighted by atomic mass is 16.4. The van der Waals surface area contributed by atoms with Crippen LogP contribution in [0.25, 0.3) is 0 Å². The Balaban J connectivity index is 2.94. The molecule has 1 saturated carbocycles. The molecule has 2 nitrogen and oxygen atoms in total. The lowest BCUT2D eigenvalue weighted by molar-refractivity contribution is -0.146. The minimum Gasteiger partial charge on any atom is -0.481 e. The van der Waals surface area contributed by atoms with Crippen molar-refractivity contribution in [2.24, 2.45) is 16.7 Å². The number of carboxylic acid groups (broad SMARTS) is 1. The average Bonchev–Trinajstić information content (AvgIpc) is 2.54. The van der Waals surface area contributed by atoms with Gasteiger partial charge in [0.05, 0.1) is 5.41 Å². The van der Waals surface area contributed by atoms with E-state index in [1.165, 1.54) is 0 Å². The highest BCUT2D eigenvalue weighted by molar-refractivity contribution is 5.80. The molecule has 68 valence electrons. The molecule has 0 aromatic rings. The first-order valence-electron chi connectivity index (χ1n) is 4.24. The summed E-state index contributed by atoms with van der Waals surface area (Å²) in [5.41, 5.74) is -0.610. The van der Waals surface area contributed by atoms with Crippen LogP contribution in [0.3, 0.4) is 0 Å². The standard InChI is InChI=1S/C10H16O2/c1-5-7(2)10(8(11)12)6-9(10,3)4/h5,7H,1,6H2,2-4H3,(H,11,12)/t7-,10-/m0/s1. The van der Waals surface area contributed by atoms with Gasteiger partial charge in [-0.2, -0.15) is 0 Å². The molecule has 1 aliphatic carbocycles. The van der Waals surface area contributed by atoms with Crippen LogP contribution in [0, 0.1) is 16.7 Å². The van der Waals surface area contributed by atoms with Crippen molar-refractivity contribution in [1.29, 1.82) is 0 Å². The van der Waals surface area contributed by atoms with Crippen molar-refractivity contribution < 1.29 is 9.90 Å². The summed E-state index contributed by atoms with van der Waals surface area (Å²) in [5, 5.41) is 9.09. The van der Waals surface area contributed by atoms with E-state index in [0.717, 1.165) is 6.42 Å². The van der Waals surface area contributed by atoms with E-state index >= 15 is 0 Å². The van der Waals surface area contributed by atoms with Gasteiger partial charge in [0.2, 0.25) is 0 Å². The monoisotopic (exact) mass is 168 g/mol. The summed E-state index contributed by atoms with van der Waals surface area (Å²) < 4.78 is 0. The SMILES string of the molecule is C=C[C@H](C)[C@]1(C(=O)O)CC1(C)C. The summed E-state index contributed by atoms with van der Waals surface area (Å²) in [7, 11) is 0. The topological polar surface area (TPSA) is 37.3 Å². The van der Waals surface area contributed by atoms with Crippen LogP contribution in [0.4, 0.5) is 0 Å². The van der Waals surface area contributed by atoms with Gasteiger partial charge in [0, 0.05) is 0 Å². The summed E-state index contributed by atoms with van der Waals surface area (Å²) in [6.45, 7) is 9.58. The van der Waals surface area contributed by atoms with Gasteiger partial charge in [-0.3, -0.25) is 4.79 Å². The van der Waals surface area contributed by atoms with Gasteiger partial charge in [-0.05, 0) is 17.8 Å². The summed E-state index contributed by atoms with van der Waals surface area (Å²) in [6.07, 6.45) is 2.51. The van der Waals surface area contributed by atoms with Crippen molar-refractivity contribution in [3.8, 4) is 0 Å². The zero-order valence-electron chi connectivity index (χ0n) is 7.92. The minimum atomic E-state index is -0.681. The van der Waals surface area contributed by atoms with Crippen molar-refractivity contribution >= 4 is 5.97 Å². The predicted octanol–water partition coefficient (Wildman–Crippen LogP) is 2.31. The minimum absolute atomic E-state index is 0.0602. The Morgan fingerprint density at radius 2 is 2.08 bits per heavy atom. The molecule has 0 bridgehead atoms. The number of aliphatic carboxylic acids is 1. The van der Waals surface area contributed by atoms with E-state index in [-0.39, 0.29) is 11.3 Å². The van der Waals surface area contributed by atoms with Crippen LogP contribution in [-0.4, -0.2) is 11.1 Å². The molecular formula is C10H16O2. The predicted molar refractivity (Wildman–Crippen MR) is 47.8 cm³/mol. The van der Waals surface area contributed by atoms with Gasteiger partial charge in [0.15, 0.2) is 0 Å². The van der Waals surface area contributed by atoms with Gasteiger partial charge < -0.3 is 5.11 Å². The zero-order chi connectivity index (χ0) is 9.57. The lowest BCUT2D eigenvalue weighted by atomic mass is 9.84. The Hall–Kier alpha value is -0.790. The lowest BCUT2D eigenvalue weighted by Gasteiger charge is -2.20. The molecule has 1 fully saturated rings. The van der Waals surface area contributed by atoms with Crippen molar-refractivity contribution in [3.63, 3.8) is 0 Å². The van der Waals surface area contributed by atoms with Gasteiger partial charge >= 0.3 is 5.97 Å². The lowest BCUT2D eigenvalue weighted by Crippen LogP contribution is -2.27. The molecular weight excluding hydrogens is 152 g/mol. The quantitative estimate of drug-likeness (QED) is 0.656. The maximum Gasteiger partial charge on any atom is 0.310 e. The smallest absolute Gasteiger partial charge is 0.310 e. The summed E-state index contributed by atoms with van der Waals surface area (Å²) >= 11 is 0. The Kier molecular flexibility index (Phi) is 1.82. The molecule has 0 saturated heterocycles. The van der Waals surface area contributed by atoms with Crippen LogP contribution in [0.15, 0.2) is 12.7 Å². The van der Waals surface area contributed by atoms with Crippen molar-refractivity contribution in [3.05, 3.63) is 12.7 Å². The number of hydrogen-bond acceptors (Lipinski definition) is 1. The average molecular weight is 168 g/mol. The van der Waals surface area contributed by atoms with Crippen LogP contribution >= 0.6 is 0 Å². The Morgan fingerprint density at radius 3 is 2.17 bits per heavy atom. The normalized spacial score (nSPS) is 33.9. The molecule has 1 N–H and O–H groups in total. The maximum atomic E-state index is 11.1. The first-order chi connectivity index (χ1) is 5.38. The molecule has 0 unspecified atom stereocenters. The summed E-state index contributed by atoms with van der Waals surface area (Å²) in [4.78, 5) is 11.1. The fourth-order valence-electron chi connectivity index (χ4n) is 2.19. The second kappa shape index (κ2) is 2.35. The number of rotatable bonds is 3. The molecule has 0 aromatic carbocycles. The van der Waals surface area contributed by atoms with Crippen LogP contribution in [0.1, 0.15) is 27.2 Å². The molecule has 0 aromatic heterocycles. The van der Waals surface area contributed by atoms with Crippen LogP contribution < -0.4 is 0 Å². The van der Waals surface area contributed by atoms with Crippen molar-refractivity contribution in [2.75, 3.05) is 0 Å². The van der Waals surface area contributed by atoms with E-state index in [1.54, 1.807) is 6.08 Å². The first kappa shape index (κ1) is 9.30. The molecule has 0 heterocycles. The number of allylic oxidation sites excluding steroid dienone is 1. The van der Waals surface area contributed by atoms with Crippen molar-refractivity contribution in [1.82, 2.24) is 0 Å². The van der Waals surface area contributed by atoms with Crippen LogP contribution in [0.5, 0.6) is 0 Å². The maximum absolute atomic E-state index is 11.1. The molecule has 2 atom stereocenters. The zero-order valence-corrected chi connectivity index (χ0v) is 7.92. The van der Waals surface area contributed by atoms with E-state index in [9.17, 15) is 4.79 Å². The summed E-state index contributed by atoms with van der Waals surface area (Å²) in [6, 6.07) is 0. The molecule has 0 radical (unpaired) electrons. The number of carboxylic acids is 1. The van der Waals surface area contributed by atoms with E-state index < -0.39 is 11.4 Å². The van der Waals surface area contributed by atoms with Crippen molar-refractivity contribution in [2.45, 2.75) is 27.2 Å². The summed E-state index contributed by atoms with van der Waals surface area (Å²) in [5.74, 6) is -0.620. The van der Waals surface area contributed by atoms with E-state index in [0.29, 0.717) is 0 Å². The Labute approximate surface area is 73.3 Å². The van der Waals surface area contributed by atoms with Gasteiger partial charge in [-0.1, -0.05) is 26.8 Å². The van der Waals surface area contributed by atoms with Crippen LogP contribution in [0.2, 0.25) is 0 Å². The fourth-order valence-corrected chi connectivity index (χ4v) is 2.19.